The van der Waals surface area contributed by atoms with Crippen molar-refractivity contribution in [3.63, 3.8) is 0 Å². The number of carbonyl (C=O) groups excluding carboxylic acids is 4. The molecule has 3 aromatic rings. The molecule has 2 atom stereocenters. The zero-order valence-electron chi connectivity index (χ0n) is 21.2. The molecule has 0 aromatic heterocycles. The fraction of sp³-hybridized carbons (Fsp3) is 0.310. The average molecular weight is 504 g/mol. The van der Waals surface area contributed by atoms with Crippen molar-refractivity contribution in [3.05, 3.63) is 78.4 Å². The van der Waals surface area contributed by atoms with Crippen LogP contribution < -0.4 is 15.5 Å². The van der Waals surface area contributed by atoms with E-state index in [1.165, 1.54) is 11.8 Å². The van der Waals surface area contributed by atoms with Crippen LogP contribution in [0.5, 0.6) is 0 Å². The van der Waals surface area contributed by atoms with Gasteiger partial charge >= 0.3 is 6.09 Å². The minimum Gasteiger partial charge on any atom is -0.445 e. The first kappa shape index (κ1) is 27.4. The average Bonchev–Trinajstić information content (AvgIpc) is 2.91. The number of unbranched alkanes of at least 4 members (excludes halogenated alkanes) is 1. The third-order valence-electron chi connectivity index (χ3n) is 5.93. The van der Waals surface area contributed by atoms with E-state index in [1.54, 1.807) is 13.0 Å². The van der Waals surface area contributed by atoms with Crippen molar-refractivity contribution in [2.24, 2.45) is 0 Å². The van der Waals surface area contributed by atoms with Crippen LogP contribution in [-0.2, 0) is 25.7 Å². The van der Waals surface area contributed by atoms with Crippen molar-refractivity contribution >= 4 is 40.7 Å². The number of nitrogens with zero attached hydrogens (tertiary/aromatic N) is 1. The highest BCUT2D eigenvalue weighted by Crippen LogP contribution is 2.25. The molecule has 0 spiro atoms. The molecule has 194 valence electrons. The number of alkyl carbamates (subject to hydrolysis) is 1. The van der Waals surface area contributed by atoms with E-state index in [0.29, 0.717) is 37.8 Å². The predicted molar refractivity (Wildman–Crippen MR) is 143 cm³/mol. The highest BCUT2D eigenvalue weighted by molar-refractivity contribution is 6.03. The molecule has 0 saturated heterocycles. The van der Waals surface area contributed by atoms with Crippen molar-refractivity contribution in [2.45, 2.75) is 51.8 Å². The minimum absolute atomic E-state index is 0.186. The van der Waals surface area contributed by atoms with E-state index >= 15 is 0 Å². The van der Waals surface area contributed by atoms with Crippen LogP contribution in [-0.4, -0.2) is 42.8 Å². The zero-order chi connectivity index (χ0) is 26.6. The maximum atomic E-state index is 13.6. The lowest BCUT2D eigenvalue weighted by Gasteiger charge is -2.30. The number of rotatable bonds is 12. The summed E-state index contributed by atoms with van der Waals surface area (Å²) in [7, 11) is 0. The van der Waals surface area contributed by atoms with Gasteiger partial charge in [-0.15, -0.1) is 0 Å². The third-order valence-corrected chi connectivity index (χ3v) is 5.93. The molecule has 8 heteroatoms. The van der Waals surface area contributed by atoms with Crippen molar-refractivity contribution in [3.8, 4) is 0 Å². The smallest absolute Gasteiger partial charge is 0.407 e. The summed E-state index contributed by atoms with van der Waals surface area (Å²) in [4.78, 5) is 50.5. The molecule has 0 saturated carbocycles. The number of anilines is 1. The summed E-state index contributed by atoms with van der Waals surface area (Å²) >= 11 is 0. The topological polar surface area (TPSA) is 105 Å². The summed E-state index contributed by atoms with van der Waals surface area (Å²) in [5, 5.41) is 7.39. The fourth-order valence-electron chi connectivity index (χ4n) is 4.06. The molecule has 8 nitrogen and oxygen atoms in total. The van der Waals surface area contributed by atoms with Crippen LogP contribution >= 0.6 is 0 Å². The normalized spacial score (nSPS) is 12.3. The second-order valence-corrected chi connectivity index (χ2v) is 8.85. The summed E-state index contributed by atoms with van der Waals surface area (Å²) in [5.41, 5.74) is 1.48. The van der Waals surface area contributed by atoms with Crippen LogP contribution in [0, 0.1) is 0 Å². The van der Waals surface area contributed by atoms with Crippen molar-refractivity contribution in [1.82, 2.24) is 10.6 Å². The largest absolute Gasteiger partial charge is 0.445 e. The Morgan fingerprint density at radius 1 is 0.946 bits per heavy atom. The van der Waals surface area contributed by atoms with Gasteiger partial charge < -0.3 is 25.1 Å². The molecular weight excluding hydrogens is 470 g/mol. The van der Waals surface area contributed by atoms with Gasteiger partial charge in [-0.05, 0) is 54.7 Å². The number of nitrogens with one attached hydrogen (secondary N) is 2. The second kappa shape index (κ2) is 13.8. The fourth-order valence-corrected chi connectivity index (χ4v) is 4.06. The van der Waals surface area contributed by atoms with E-state index in [4.69, 9.17) is 4.74 Å². The third kappa shape index (κ3) is 8.17. The van der Waals surface area contributed by atoms with Gasteiger partial charge in [-0.1, -0.05) is 60.7 Å². The van der Waals surface area contributed by atoms with E-state index in [-0.39, 0.29) is 18.4 Å². The number of fused-ring (bicyclic) bond motifs is 1. The van der Waals surface area contributed by atoms with Gasteiger partial charge in [0, 0.05) is 19.2 Å². The molecule has 0 bridgehead atoms. The Morgan fingerprint density at radius 3 is 2.35 bits per heavy atom. The summed E-state index contributed by atoms with van der Waals surface area (Å²) in [5.74, 6) is -0.696. The zero-order valence-corrected chi connectivity index (χ0v) is 21.2. The van der Waals surface area contributed by atoms with Crippen LogP contribution in [0.2, 0.25) is 0 Å². The lowest BCUT2D eigenvalue weighted by atomic mass is 10.0. The van der Waals surface area contributed by atoms with E-state index in [9.17, 15) is 19.2 Å². The molecule has 0 unspecified atom stereocenters. The monoisotopic (exact) mass is 503 g/mol. The number of aldehydes is 1. The Labute approximate surface area is 217 Å². The van der Waals surface area contributed by atoms with Crippen molar-refractivity contribution in [2.75, 3.05) is 11.4 Å². The quantitative estimate of drug-likeness (QED) is 0.282. The van der Waals surface area contributed by atoms with Crippen molar-refractivity contribution < 1.29 is 23.9 Å². The lowest BCUT2D eigenvalue weighted by Crippen LogP contribution is -2.51. The number of hydrogen-bond donors (Lipinski definition) is 2. The molecule has 0 aliphatic carbocycles. The summed E-state index contributed by atoms with van der Waals surface area (Å²) in [6.45, 7) is 3.56. The van der Waals surface area contributed by atoms with Gasteiger partial charge in [0.15, 0.2) is 0 Å². The molecule has 37 heavy (non-hydrogen) atoms. The van der Waals surface area contributed by atoms with Gasteiger partial charge in [-0.2, -0.15) is 0 Å². The molecular formula is C29H33N3O5. The first-order valence-electron chi connectivity index (χ1n) is 12.4. The standard InChI is InChI=1S/C29H33N3O5/c1-21(19-33)32(26-16-15-24-12-6-7-13-25(24)18-26)28(35)27(31-22(2)34)14-8-9-17-30-29(36)37-20-23-10-4-3-5-11-23/h3-7,10-13,15-16,18-19,21,27H,8-9,14,17,20H2,1-2H3,(H,30,36)(H,31,34)/t21-,27-/m0/s1. The van der Waals surface area contributed by atoms with E-state index < -0.39 is 18.2 Å². The minimum atomic E-state index is -0.809. The molecule has 3 rings (SSSR count). The van der Waals surface area contributed by atoms with Crippen LogP contribution in [0.1, 0.15) is 38.7 Å². The molecule has 0 heterocycles. The maximum absolute atomic E-state index is 13.6. The van der Waals surface area contributed by atoms with Crippen LogP contribution in [0.25, 0.3) is 10.8 Å². The van der Waals surface area contributed by atoms with Gasteiger partial charge in [-0.25, -0.2) is 4.79 Å². The number of ether oxygens (including phenoxy) is 1. The van der Waals surface area contributed by atoms with E-state index in [1.807, 2.05) is 66.7 Å². The molecule has 2 N–H and O–H groups in total. The van der Waals surface area contributed by atoms with Gasteiger partial charge in [0.2, 0.25) is 11.8 Å². The SMILES string of the molecule is CC(=O)N[C@@H](CCCCNC(=O)OCc1ccccc1)C(=O)N(c1ccc2ccccc2c1)[C@@H](C)C=O. The van der Waals surface area contributed by atoms with Gasteiger partial charge in [-0.3, -0.25) is 9.59 Å². The molecule has 3 aromatic carbocycles. The van der Waals surface area contributed by atoms with E-state index in [0.717, 1.165) is 16.3 Å². The summed E-state index contributed by atoms with van der Waals surface area (Å²) in [6.07, 6.45) is 1.71. The lowest BCUT2D eigenvalue weighted by molar-refractivity contribution is -0.127. The Balaban J connectivity index is 1.58. The van der Waals surface area contributed by atoms with Crippen molar-refractivity contribution in [1.29, 1.82) is 0 Å². The van der Waals surface area contributed by atoms with Crippen LogP contribution in [0.3, 0.4) is 0 Å². The Bertz CT molecular complexity index is 1210. The number of hydrogen-bond acceptors (Lipinski definition) is 5. The molecule has 0 aliphatic rings. The Hall–Kier alpha value is -4.20. The molecule has 0 aliphatic heterocycles. The highest BCUT2D eigenvalue weighted by Gasteiger charge is 2.29. The van der Waals surface area contributed by atoms with Gasteiger partial charge in [0.1, 0.15) is 18.9 Å². The summed E-state index contributed by atoms with van der Waals surface area (Å²) in [6, 6.07) is 21.2. The molecule has 3 amide bonds. The molecule has 0 fully saturated rings. The van der Waals surface area contributed by atoms with Gasteiger partial charge in [0.25, 0.3) is 0 Å². The van der Waals surface area contributed by atoms with Crippen LogP contribution in [0.15, 0.2) is 72.8 Å². The predicted octanol–water partition coefficient (Wildman–Crippen LogP) is 4.36. The van der Waals surface area contributed by atoms with Crippen LogP contribution in [0.4, 0.5) is 10.5 Å². The van der Waals surface area contributed by atoms with E-state index in [2.05, 4.69) is 10.6 Å². The maximum Gasteiger partial charge on any atom is 0.407 e. The number of amides is 3. The second-order valence-electron chi connectivity index (χ2n) is 8.85. The number of carbonyl (C=O) groups is 4. The first-order valence-corrected chi connectivity index (χ1v) is 12.4. The first-order chi connectivity index (χ1) is 17.9. The molecule has 0 radical (unpaired) electrons. The highest BCUT2D eigenvalue weighted by atomic mass is 16.5. The summed E-state index contributed by atoms with van der Waals surface area (Å²) < 4.78 is 5.20. The Morgan fingerprint density at radius 2 is 1.65 bits per heavy atom. The Kier molecular flexibility index (Phi) is 10.2. The van der Waals surface area contributed by atoms with Gasteiger partial charge in [0.05, 0.1) is 6.04 Å². The number of benzene rings is 3.